The van der Waals surface area contributed by atoms with Crippen LogP contribution in [0.5, 0.6) is 0 Å². The van der Waals surface area contributed by atoms with Gasteiger partial charge < -0.3 is 89.9 Å². The largest absolute Gasteiger partial charge is 0.394 e. The molecule has 1 amide bonds. The Morgan fingerprint density at radius 1 is 0.393 bits per heavy atom. The maximum absolute atomic E-state index is 13.4. The molecule has 522 valence electrons. The minimum atomic E-state index is -1.98. The van der Waals surface area contributed by atoms with Gasteiger partial charge in [0, 0.05) is 6.42 Å². The van der Waals surface area contributed by atoms with Gasteiger partial charge in [0.2, 0.25) is 5.91 Å². The van der Waals surface area contributed by atoms with Gasteiger partial charge >= 0.3 is 0 Å². The van der Waals surface area contributed by atoms with Crippen molar-refractivity contribution in [2.75, 3.05) is 26.4 Å². The molecule has 0 saturated carbocycles. The molecule has 3 heterocycles. The van der Waals surface area contributed by atoms with Gasteiger partial charge in [-0.3, -0.25) is 4.79 Å². The van der Waals surface area contributed by atoms with Gasteiger partial charge in [-0.05, 0) is 44.9 Å². The van der Waals surface area contributed by atoms with Crippen LogP contribution in [0.2, 0.25) is 0 Å². The Kier molecular flexibility index (Phi) is 47.7. The van der Waals surface area contributed by atoms with E-state index in [1.165, 1.54) is 193 Å². The van der Waals surface area contributed by atoms with Crippen LogP contribution in [0, 0.1) is 0 Å². The lowest BCUT2D eigenvalue weighted by Gasteiger charge is -2.48. The van der Waals surface area contributed by atoms with E-state index in [0.29, 0.717) is 12.8 Å². The summed E-state index contributed by atoms with van der Waals surface area (Å²) in [5.74, 6) is -0.287. The van der Waals surface area contributed by atoms with E-state index in [9.17, 15) is 61.0 Å². The molecule has 19 heteroatoms. The highest BCUT2D eigenvalue weighted by molar-refractivity contribution is 5.76. The van der Waals surface area contributed by atoms with Crippen molar-refractivity contribution in [3.05, 3.63) is 36.5 Å². The highest BCUT2D eigenvalue weighted by atomic mass is 16.8. The van der Waals surface area contributed by atoms with Crippen molar-refractivity contribution in [3.8, 4) is 0 Å². The van der Waals surface area contributed by atoms with Gasteiger partial charge in [-0.2, -0.15) is 0 Å². The van der Waals surface area contributed by atoms with Crippen LogP contribution >= 0.6 is 0 Å². The molecule has 0 aliphatic carbocycles. The first kappa shape index (κ1) is 81.2. The van der Waals surface area contributed by atoms with Crippen LogP contribution in [0.15, 0.2) is 36.5 Å². The van der Waals surface area contributed by atoms with Crippen LogP contribution in [-0.2, 0) is 33.2 Å². The fourth-order valence-corrected chi connectivity index (χ4v) is 12.1. The first-order valence-electron chi connectivity index (χ1n) is 35.7. The molecule has 0 spiro atoms. The molecule has 3 saturated heterocycles. The van der Waals surface area contributed by atoms with Crippen molar-refractivity contribution in [2.45, 2.75) is 375 Å². The molecule has 17 atom stereocenters. The first-order chi connectivity index (χ1) is 43.3. The fraction of sp³-hybridized carbons (Fsp3) is 0.900. The molecule has 0 aromatic carbocycles. The van der Waals surface area contributed by atoms with Gasteiger partial charge in [0.25, 0.3) is 0 Å². The molecule has 0 radical (unpaired) electrons. The van der Waals surface area contributed by atoms with Crippen LogP contribution in [0.25, 0.3) is 0 Å². The highest BCUT2D eigenvalue weighted by Crippen LogP contribution is 2.33. The molecule has 0 bridgehead atoms. The topological polar surface area (TPSA) is 307 Å². The number of nitrogens with one attached hydrogen (secondary N) is 1. The van der Waals surface area contributed by atoms with Crippen molar-refractivity contribution in [1.29, 1.82) is 0 Å². The lowest BCUT2D eigenvalue weighted by Crippen LogP contribution is -2.66. The lowest BCUT2D eigenvalue weighted by molar-refractivity contribution is -0.379. The minimum Gasteiger partial charge on any atom is -0.394 e. The maximum Gasteiger partial charge on any atom is 0.220 e. The number of carbonyl (C=O) groups is 1. The molecule has 0 aromatic heterocycles. The Morgan fingerprint density at radius 3 is 1.12 bits per heavy atom. The van der Waals surface area contributed by atoms with Gasteiger partial charge in [0.15, 0.2) is 18.9 Å². The van der Waals surface area contributed by atoms with Crippen LogP contribution < -0.4 is 5.32 Å². The zero-order chi connectivity index (χ0) is 64.7. The van der Waals surface area contributed by atoms with Crippen LogP contribution in [0.1, 0.15) is 271 Å². The molecule has 89 heavy (non-hydrogen) atoms. The van der Waals surface area contributed by atoms with E-state index < -0.39 is 124 Å². The predicted octanol–water partition coefficient (Wildman–Crippen LogP) is 9.61. The SMILES string of the molecule is CCCCCCCCCCCCCCCCCCCCC/C=C/CC/C=C/CC/C=C/C(O)C(COC1OC(CO)C(OC2OC(CO)C(OC3OC(CO)C(O)C(O)C3O)C(O)C2O)C(O)C1O)NC(=O)CCCCCCCCCCCCCCCCC. The summed E-state index contributed by atoms with van der Waals surface area (Å²) < 4.78 is 34.3. The number of ether oxygens (including phenoxy) is 6. The number of allylic oxidation sites excluding steroid dienone is 5. The van der Waals surface area contributed by atoms with Crippen molar-refractivity contribution in [3.63, 3.8) is 0 Å². The average Bonchev–Trinajstić information content (AvgIpc) is 1.97. The molecule has 17 unspecified atom stereocenters. The molecule has 12 N–H and O–H groups in total. The Bertz CT molecular complexity index is 1760. The summed E-state index contributed by atoms with van der Waals surface area (Å²) >= 11 is 0. The summed E-state index contributed by atoms with van der Waals surface area (Å²) in [6.07, 6.45) is 34.3. The van der Waals surface area contributed by atoms with Crippen LogP contribution in [0.3, 0.4) is 0 Å². The Balaban J connectivity index is 1.43. The first-order valence-corrected chi connectivity index (χ1v) is 35.7. The minimum absolute atomic E-state index is 0.235. The van der Waals surface area contributed by atoms with Gasteiger partial charge in [-0.15, -0.1) is 0 Å². The van der Waals surface area contributed by atoms with Gasteiger partial charge in [0.1, 0.15) is 73.2 Å². The normalized spacial score (nSPS) is 28.4. The molecule has 3 rings (SSSR count). The second kappa shape index (κ2) is 52.3. The number of carbonyl (C=O) groups excluding carboxylic acids is 1. The summed E-state index contributed by atoms with van der Waals surface area (Å²) in [5, 5.41) is 120. The van der Waals surface area contributed by atoms with Crippen molar-refractivity contribution >= 4 is 5.91 Å². The second-order valence-electron chi connectivity index (χ2n) is 25.7. The monoisotopic (exact) mass is 1270 g/mol. The third-order valence-electron chi connectivity index (χ3n) is 17.9. The number of aliphatic hydroxyl groups excluding tert-OH is 11. The Labute approximate surface area is 536 Å². The van der Waals surface area contributed by atoms with Crippen LogP contribution in [-0.4, -0.2) is 193 Å². The molecular weight excluding hydrogens is 1140 g/mol. The molecule has 3 fully saturated rings. The van der Waals surface area contributed by atoms with E-state index in [1.807, 2.05) is 6.08 Å². The lowest BCUT2D eigenvalue weighted by atomic mass is 9.96. The van der Waals surface area contributed by atoms with Gasteiger partial charge in [-0.25, -0.2) is 0 Å². The third-order valence-corrected chi connectivity index (χ3v) is 17.9. The summed E-state index contributed by atoms with van der Waals surface area (Å²) in [6, 6.07) is -0.994. The zero-order valence-corrected chi connectivity index (χ0v) is 55.2. The number of hydrogen-bond acceptors (Lipinski definition) is 18. The summed E-state index contributed by atoms with van der Waals surface area (Å²) in [6.45, 7) is 1.73. The standard InChI is InChI=1S/C70H129NO18/c1-3-5-7-9-11-13-15-17-19-20-21-22-23-24-25-26-27-28-29-30-31-32-34-35-37-39-41-43-45-47-54(75)53(71-58(76)48-46-44-42-40-38-36-33-18-16-14-12-10-8-6-4-2)52-84-68-64(82)61(79)66(56(50-73)86-68)89-70-65(83)62(80)67(57(51-74)87-70)88-69-63(81)60(78)59(77)55(49-72)85-69/h31-32,37,39,45,47,53-57,59-70,72-75,77-83H,3-30,33-36,38,40-44,46,48-52H2,1-2H3,(H,71,76)/b32-31+,39-37+,47-45+. The Morgan fingerprint density at radius 2 is 0.719 bits per heavy atom. The third kappa shape index (κ3) is 34.3. The number of hydrogen-bond donors (Lipinski definition) is 12. The maximum atomic E-state index is 13.4. The average molecular weight is 1270 g/mol. The smallest absolute Gasteiger partial charge is 0.220 e. The molecule has 19 nitrogen and oxygen atoms in total. The summed E-state index contributed by atoms with van der Waals surface area (Å²) in [5.41, 5.74) is 0. The van der Waals surface area contributed by atoms with Crippen molar-refractivity contribution in [2.24, 2.45) is 0 Å². The number of unbranched alkanes of at least 4 members (excludes halogenated alkanes) is 35. The van der Waals surface area contributed by atoms with E-state index in [-0.39, 0.29) is 18.9 Å². The predicted molar refractivity (Wildman–Crippen MR) is 346 cm³/mol. The fourth-order valence-electron chi connectivity index (χ4n) is 12.1. The van der Waals surface area contributed by atoms with Gasteiger partial charge in [-0.1, -0.05) is 256 Å². The van der Waals surface area contributed by atoms with Crippen molar-refractivity contribution in [1.82, 2.24) is 5.32 Å². The van der Waals surface area contributed by atoms with E-state index in [1.54, 1.807) is 6.08 Å². The number of aliphatic hydroxyl groups is 11. The van der Waals surface area contributed by atoms with E-state index in [0.717, 1.165) is 44.9 Å². The second-order valence-corrected chi connectivity index (χ2v) is 25.7. The number of rotatable bonds is 55. The van der Waals surface area contributed by atoms with E-state index in [2.05, 4.69) is 43.5 Å². The summed E-state index contributed by atoms with van der Waals surface area (Å²) in [7, 11) is 0. The summed E-state index contributed by atoms with van der Waals surface area (Å²) in [4.78, 5) is 13.4. The van der Waals surface area contributed by atoms with Crippen LogP contribution in [0.4, 0.5) is 0 Å². The molecule has 3 aliphatic heterocycles. The molecule has 3 aliphatic rings. The Hall–Kier alpha value is -1.99. The quantitative estimate of drug-likeness (QED) is 0.0199. The zero-order valence-electron chi connectivity index (χ0n) is 55.2. The van der Waals surface area contributed by atoms with E-state index >= 15 is 0 Å². The number of amides is 1. The highest BCUT2D eigenvalue weighted by Gasteiger charge is 2.53. The van der Waals surface area contributed by atoms with Crippen molar-refractivity contribution < 1.29 is 89.4 Å². The van der Waals surface area contributed by atoms with Gasteiger partial charge in [0.05, 0.1) is 38.6 Å². The van der Waals surface area contributed by atoms with E-state index in [4.69, 9.17) is 28.4 Å². The molecular formula is C70H129NO18. The molecule has 0 aromatic rings.